The third-order valence-corrected chi connectivity index (χ3v) is 2.37. The van der Waals surface area contributed by atoms with E-state index in [0.717, 1.165) is 5.69 Å². The van der Waals surface area contributed by atoms with Crippen molar-refractivity contribution in [1.82, 2.24) is 14.9 Å². The summed E-state index contributed by atoms with van der Waals surface area (Å²) in [4.78, 5) is 21.7. The summed E-state index contributed by atoms with van der Waals surface area (Å²) in [6, 6.07) is 1.67. The molecule has 1 amide bonds. The number of hydrogen-bond donors (Lipinski definition) is 1. The van der Waals surface area contributed by atoms with E-state index >= 15 is 0 Å². The first-order chi connectivity index (χ1) is 7.91. The highest BCUT2D eigenvalue weighted by Crippen LogP contribution is 2.07. The number of aromatic nitrogens is 2. The third kappa shape index (κ3) is 3.78. The molecule has 1 aromatic heterocycles. The van der Waals surface area contributed by atoms with Gasteiger partial charge in [0.2, 0.25) is 0 Å². The molecule has 0 spiro atoms. The minimum Gasteiger partial charge on any atom is -0.392 e. The van der Waals surface area contributed by atoms with Crippen molar-refractivity contribution < 1.29 is 9.90 Å². The van der Waals surface area contributed by atoms with Crippen molar-refractivity contribution in [3.63, 3.8) is 0 Å². The van der Waals surface area contributed by atoms with Crippen LogP contribution in [0.5, 0.6) is 0 Å². The van der Waals surface area contributed by atoms with Crippen molar-refractivity contribution in [2.24, 2.45) is 0 Å². The van der Waals surface area contributed by atoms with Crippen LogP contribution in [0.3, 0.4) is 0 Å². The Hall–Kier alpha value is -1.49. The van der Waals surface area contributed by atoms with Gasteiger partial charge in [0, 0.05) is 18.3 Å². The van der Waals surface area contributed by atoms with Gasteiger partial charge in [0.15, 0.2) is 0 Å². The quantitative estimate of drug-likeness (QED) is 0.849. The Kier molecular flexibility index (Phi) is 4.57. The number of aryl methyl sites for hydroxylation is 1. The smallest absolute Gasteiger partial charge is 0.272 e. The second-order valence-corrected chi connectivity index (χ2v) is 4.44. The van der Waals surface area contributed by atoms with E-state index in [1.807, 2.05) is 20.8 Å². The van der Waals surface area contributed by atoms with Crippen molar-refractivity contribution in [3.8, 4) is 0 Å². The van der Waals surface area contributed by atoms with E-state index in [1.165, 1.54) is 6.33 Å². The molecule has 0 aromatic carbocycles. The van der Waals surface area contributed by atoms with E-state index in [-0.39, 0.29) is 11.9 Å². The van der Waals surface area contributed by atoms with Gasteiger partial charge in [0.25, 0.3) is 5.91 Å². The summed E-state index contributed by atoms with van der Waals surface area (Å²) in [5.41, 5.74) is 1.12. The van der Waals surface area contributed by atoms with Crippen LogP contribution in [0.15, 0.2) is 12.4 Å². The second-order valence-electron chi connectivity index (χ2n) is 4.44. The molecule has 0 saturated carbocycles. The lowest BCUT2D eigenvalue weighted by Gasteiger charge is -2.27. The van der Waals surface area contributed by atoms with Gasteiger partial charge in [-0.3, -0.25) is 4.79 Å². The van der Waals surface area contributed by atoms with Gasteiger partial charge in [-0.25, -0.2) is 9.97 Å². The summed E-state index contributed by atoms with van der Waals surface area (Å²) in [6.07, 6.45) is 0.827. The molecule has 0 aliphatic carbocycles. The molecule has 0 aliphatic heterocycles. The first-order valence-electron chi connectivity index (χ1n) is 5.69. The van der Waals surface area contributed by atoms with Crippen molar-refractivity contribution in [3.05, 3.63) is 23.8 Å². The highest BCUT2D eigenvalue weighted by molar-refractivity contribution is 5.92. The second kappa shape index (κ2) is 5.72. The third-order valence-electron chi connectivity index (χ3n) is 2.37. The molecular weight excluding hydrogens is 218 g/mol. The van der Waals surface area contributed by atoms with Gasteiger partial charge in [-0.05, 0) is 33.8 Å². The van der Waals surface area contributed by atoms with Gasteiger partial charge in [-0.1, -0.05) is 0 Å². The lowest BCUT2D eigenvalue weighted by molar-refractivity contribution is 0.0573. The van der Waals surface area contributed by atoms with E-state index in [4.69, 9.17) is 0 Å². The molecule has 94 valence electrons. The molecule has 1 rings (SSSR count). The van der Waals surface area contributed by atoms with E-state index in [2.05, 4.69) is 9.97 Å². The normalized spacial score (nSPS) is 12.6. The van der Waals surface area contributed by atoms with Crippen LogP contribution in [0.25, 0.3) is 0 Å². The number of aliphatic hydroxyl groups excluding tert-OH is 1. The van der Waals surface area contributed by atoms with Gasteiger partial charge in [-0.15, -0.1) is 0 Å². The highest BCUT2D eigenvalue weighted by Gasteiger charge is 2.21. The molecule has 5 nitrogen and oxygen atoms in total. The number of aliphatic hydroxyl groups is 1. The Bertz CT molecular complexity index is 391. The van der Waals surface area contributed by atoms with Crippen LogP contribution in [-0.4, -0.2) is 44.6 Å². The summed E-state index contributed by atoms with van der Waals surface area (Å²) in [5.74, 6) is -0.175. The fourth-order valence-corrected chi connectivity index (χ4v) is 1.53. The highest BCUT2D eigenvalue weighted by atomic mass is 16.3. The summed E-state index contributed by atoms with van der Waals surface area (Å²) in [7, 11) is 0. The zero-order valence-electron chi connectivity index (χ0n) is 10.7. The minimum atomic E-state index is -0.552. The Labute approximate surface area is 102 Å². The molecule has 1 unspecified atom stereocenters. The number of carbonyl (C=O) groups excluding carboxylic acids is 1. The zero-order valence-corrected chi connectivity index (χ0v) is 10.7. The Morgan fingerprint density at radius 2 is 2.06 bits per heavy atom. The monoisotopic (exact) mass is 237 g/mol. The standard InChI is InChI=1S/C12H19N3O2/c1-8(2)15(6-10(4)16)12(17)11-5-9(3)13-7-14-11/h5,7-8,10,16H,6H2,1-4H3. The van der Waals surface area contributed by atoms with E-state index in [1.54, 1.807) is 17.9 Å². The van der Waals surface area contributed by atoms with Gasteiger partial charge >= 0.3 is 0 Å². The predicted molar refractivity (Wildman–Crippen MR) is 64.6 cm³/mol. The summed E-state index contributed by atoms with van der Waals surface area (Å²) >= 11 is 0. The molecule has 1 atom stereocenters. The molecule has 5 heteroatoms. The van der Waals surface area contributed by atoms with Gasteiger partial charge in [0.1, 0.15) is 12.0 Å². The number of carbonyl (C=O) groups is 1. The minimum absolute atomic E-state index is 0.0207. The first kappa shape index (κ1) is 13.6. The van der Waals surface area contributed by atoms with Gasteiger partial charge < -0.3 is 10.0 Å². The molecule has 1 heterocycles. The van der Waals surface area contributed by atoms with Crippen molar-refractivity contribution in [1.29, 1.82) is 0 Å². The van der Waals surface area contributed by atoms with Crippen LogP contribution >= 0.6 is 0 Å². The summed E-state index contributed by atoms with van der Waals surface area (Å²) in [6.45, 7) is 7.60. The van der Waals surface area contributed by atoms with Crippen LogP contribution in [0.4, 0.5) is 0 Å². The topological polar surface area (TPSA) is 66.3 Å². The van der Waals surface area contributed by atoms with E-state index in [0.29, 0.717) is 12.2 Å². The molecule has 0 aliphatic rings. The number of hydrogen-bond acceptors (Lipinski definition) is 4. The summed E-state index contributed by atoms with van der Waals surface area (Å²) in [5, 5.41) is 9.40. The fourth-order valence-electron chi connectivity index (χ4n) is 1.53. The van der Waals surface area contributed by atoms with Gasteiger partial charge in [0.05, 0.1) is 6.10 Å². The number of amides is 1. The van der Waals surface area contributed by atoms with Crippen molar-refractivity contribution in [2.45, 2.75) is 39.8 Å². The van der Waals surface area contributed by atoms with Crippen LogP contribution in [-0.2, 0) is 0 Å². The maximum Gasteiger partial charge on any atom is 0.272 e. The Balaban J connectivity index is 2.92. The molecule has 0 fully saturated rings. The number of nitrogens with zero attached hydrogens (tertiary/aromatic N) is 3. The van der Waals surface area contributed by atoms with Gasteiger partial charge in [-0.2, -0.15) is 0 Å². The lowest BCUT2D eigenvalue weighted by atomic mass is 10.2. The molecular formula is C12H19N3O2. The lowest BCUT2D eigenvalue weighted by Crippen LogP contribution is -2.41. The zero-order chi connectivity index (χ0) is 13.0. The van der Waals surface area contributed by atoms with Crippen LogP contribution < -0.4 is 0 Å². The molecule has 1 aromatic rings. The van der Waals surface area contributed by atoms with E-state index in [9.17, 15) is 9.90 Å². The predicted octanol–water partition coefficient (Wildman–Crippen LogP) is 1.02. The van der Waals surface area contributed by atoms with Crippen molar-refractivity contribution >= 4 is 5.91 Å². The largest absolute Gasteiger partial charge is 0.392 e. The average molecular weight is 237 g/mol. The molecule has 17 heavy (non-hydrogen) atoms. The van der Waals surface area contributed by atoms with Crippen LogP contribution in [0.1, 0.15) is 37.0 Å². The Morgan fingerprint density at radius 3 is 2.53 bits per heavy atom. The van der Waals surface area contributed by atoms with Crippen molar-refractivity contribution in [2.75, 3.05) is 6.54 Å². The molecule has 1 N–H and O–H groups in total. The molecule has 0 bridgehead atoms. The summed E-state index contributed by atoms with van der Waals surface area (Å²) < 4.78 is 0. The Morgan fingerprint density at radius 1 is 1.41 bits per heavy atom. The van der Waals surface area contributed by atoms with Crippen LogP contribution in [0, 0.1) is 6.92 Å². The number of rotatable bonds is 4. The maximum atomic E-state index is 12.2. The average Bonchev–Trinajstić information content (AvgIpc) is 2.24. The van der Waals surface area contributed by atoms with Crippen LogP contribution in [0.2, 0.25) is 0 Å². The first-order valence-corrected chi connectivity index (χ1v) is 5.69. The molecule has 0 saturated heterocycles. The molecule has 0 radical (unpaired) electrons. The SMILES string of the molecule is Cc1cc(C(=O)N(CC(C)O)C(C)C)ncn1. The van der Waals surface area contributed by atoms with E-state index < -0.39 is 6.10 Å². The fraction of sp³-hybridized carbons (Fsp3) is 0.583. The maximum absolute atomic E-state index is 12.2.